The summed E-state index contributed by atoms with van der Waals surface area (Å²) in [7, 11) is 0. The van der Waals surface area contributed by atoms with Crippen LogP contribution in [0.5, 0.6) is 0 Å². The monoisotopic (exact) mass is 378 g/mol. The second-order valence-electron chi connectivity index (χ2n) is 6.90. The minimum atomic E-state index is -0.935. The van der Waals surface area contributed by atoms with Crippen LogP contribution < -0.4 is 10.2 Å². The van der Waals surface area contributed by atoms with Crippen molar-refractivity contribution in [3.8, 4) is 0 Å². The van der Waals surface area contributed by atoms with Gasteiger partial charge in [0, 0.05) is 11.7 Å². The minimum Gasteiger partial charge on any atom is -0.467 e. The molecule has 28 heavy (non-hydrogen) atoms. The summed E-state index contributed by atoms with van der Waals surface area (Å²) >= 11 is 0. The molecule has 6 heteroatoms. The molecule has 3 aromatic rings. The van der Waals surface area contributed by atoms with Crippen LogP contribution >= 0.6 is 0 Å². The van der Waals surface area contributed by atoms with Gasteiger partial charge in [-0.1, -0.05) is 31.0 Å². The van der Waals surface area contributed by atoms with Crippen LogP contribution in [0.25, 0.3) is 0 Å². The normalized spacial score (nSPS) is 15.3. The van der Waals surface area contributed by atoms with Crippen LogP contribution in [0.4, 0.5) is 5.69 Å². The fourth-order valence-corrected chi connectivity index (χ4v) is 3.66. The van der Waals surface area contributed by atoms with Crippen LogP contribution in [-0.4, -0.2) is 17.9 Å². The van der Waals surface area contributed by atoms with Crippen molar-refractivity contribution in [2.24, 2.45) is 0 Å². The summed E-state index contributed by atoms with van der Waals surface area (Å²) in [5.41, 5.74) is 0.590. The molecule has 1 aromatic carbocycles. The minimum absolute atomic E-state index is 0.126. The number of nitrogens with one attached hydrogen (secondary N) is 1. The molecule has 0 aliphatic heterocycles. The van der Waals surface area contributed by atoms with Crippen LogP contribution in [0.15, 0.2) is 76.0 Å². The summed E-state index contributed by atoms with van der Waals surface area (Å²) in [4.78, 5) is 28.0. The van der Waals surface area contributed by atoms with Gasteiger partial charge in [-0.25, -0.2) is 0 Å². The molecule has 0 unspecified atom stereocenters. The molecule has 6 nitrogen and oxygen atoms in total. The van der Waals surface area contributed by atoms with E-state index < -0.39 is 11.9 Å². The molecule has 2 heterocycles. The fraction of sp³-hybridized carbons (Fsp3) is 0.273. The highest BCUT2D eigenvalue weighted by Crippen LogP contribution is 2.31. The lowest BCUT2D eigenvalue weighted by Crippen LogP contribution is -2.46. The summed E-state index contributed by atoms with van der Waals surface area (Å²) in [6, 6.07) is 15.0. The zero-order valence-electron chi connectivity index (χ0n) is 15.4. The van der Waals surface area contributed by atoms with E-state index in [-0.39, 0.29) is 17.7 Å². The van der Waals surface area contributed by atoms with Gasteiger partial charge in [-0.3, -0.25) is 14.5 Å². The molecule has 1 aliphatic rings. The average Bonchev–Trinajstić information content (AvgIpc) is 3.49. The number of furan rings is 2. The van der Waals surface area contributed by atoms with Gasteiger partial charge in [-0.2, -0.15) is 0 Å². The first-order chi connectivity index (χ1) is 13.7. The standard InChI is InChI=1S/C22H22N2O4/c25-21(23-16-8-4-5-9-16)20(18-12-6-14-27-18)24(17-10-2-1-3-11-17)22(26)19-13-7-15-28-19/h1-3,6-7,10-16,20H,4-5,8-9H2,(H,23,25)/t20-/m1/s1. The van der Waals surface area contributed by atoms with Gasteiger partial charge in [0.05, 0.1) is 12.5 Å². The number of para-hydroxylation sites is 1. The van der Waals surface area contributed by atoms with Crippen LogP contribution in [0.2, 0.25) is 0 Å². The molecule has 0 radical (unpaired) electrons. The number of rotatable bonds is 6. The summed E-state index contributed by atoms with van der Waals surface area (Å²) in [6.07, 6.45) is 7.05. The van der Waals surface area contributed by atoms with E-state index in [2.05, 4.69) is 5.32 Å². The summed E-state index contributed by atoms with van der Waals surface area (Å²) in [5.74, 6) is -0.0990. The highest BCUT2D eigenvalue weighted by Gasteiger charge is 2.37. The number of anilines is 1. The van der Waals surface area contributed by atoms with E-state index in [0.29, 0.717) is 11.4 Å². The van der Waals surface area contributed by atoms with Crippen molar-refractivity contribution in [1.29, 1.82) is 0 Å². The molecule has 1 saturated carbocycles. The number of carbonyl (C=O) groups is 2. The van der Waals surface area contributed by atoms with Crippen molar-refractivity contribution in [2.45, 2.75) is 37.8 Å². The first-order valence-electron chi connectivity index (χ1n) is 9.50. The molecule has 1 aliphatic carbocycles. The highest BCUT2D eigenvalue weighted by molar-refractivity contribution is 6.08. The van der Waals surface area contributed by atoms with Crippen LogP contribution in [0, 0.1) is 0 Å². The van der Waals surface area contributed by atoms with E-state index in [1.807, 2.05) is 18.2 Å². The third-order valence-corrected chi connectivity index (χ3v) is 5.01. The van der Waals surface area contributed by atoms with Crippen LogP contribution in [-0.2, 0) is 4.79 Å². The number of hydrogen-bond acceptors (Lipinski definition) is 4. The molecule has 1 N–H and O–H groups in total. The fourth-order valence-electron chi connectivity index (χ4n) is 3.66. The van der Waals surface area contributed by atoms with Gasteiger partial charge in [0.25, 0.3) is 11.8 Å². The van der Waals surface area contributed by atoms with Crippen molar-refractivity contribution in [3.05, 3.63) is 78.6 Å². The molecule has 1 fully saturated rings. The number of hydrogen-bond donors (Lipinski definition) is 1. The van der Waals surface area contributed by atoms with Gasteiger partial charge < -0.3 is 14.2 Å². The Morgan fingerprint density at radius 1 is 0.929 bits per heavy atom. The number of carbonyl (C=O) groups excluding carboxylic acids is 2. The summed E-state index contributed by atoms with van der Waals surface area (Å²) in [5, 5.41) is 3.09. The van der Waals surface area contributed by atoms with E-state index in [1.54, 1.807) is 36.4 Å². The molecule has 0 spiro atoms. The van der Waals surface area contributed by atoms with E-state index >= 15 is 0 Å². The van der Waals surface area contributed by atoms with E-state index in [4.69, 9.17) is 8.83 Å². The van der Waals surface area contributed by atoms with Gasteiger partial charge in [0.1, 0.15) is 5.76 Å². The second-order valence-corrected chi connectivity index (χ2v) is 6.90. The van der Waals surface area contributed by atoms with Crippen molar-refractivity contribution in [1.82, 2.24) is 5.32 Å². The molecule has 0 saturated heterocycles. The topological polar surface area (TPSA) is 75.7 Å². The van der Waals surface area contributed by atoms with Crippen molar-refractivity contribution < 1.29 is 18.4 Å². The molecule has 2 amide bonds. The Morgan fingerprint density at radius 2 is 1.64 bits per heavy atom. The molecule has 1 atom stereocenters. The SMILES string of the molecule is O=C(NC1CCCC1)[C@@H](c1ccco1)N(C(=O)c1ccco1)c1ccccc1. The van der Waals surface area contributed by atoms with Crippen LogP contribution in [0.1, 0.15) is 48.0 Å². The Kier molecular flexibility index (Phi) is 5.28. The van der Waals surface area contributed by atoms with Gasteiger partial charge in [-0.15, -0.1) is 0 Å². The Balaban J connectivity index is 1.74. The lowest BCUT2D eigenvalue weighted by molar-refractivity contribution is -0.123. The Morgan fingerprint density at radius 3 is 2.29 bits per heavy atom. The second kappa shape index (κ2) is 8.17. The maximum absolute atomic E-state index is 13.3. The van der Waals surface area contributed by atoms with Gasteiger partial charge in [-0.05, 0) is 49.2 Å². The average molecular weight is 378 g/mol. The molecular formula is C22H22N2O4. The van der Waals surface area contributed by atoms with Crippen LogP contribution in [0.3, 0.4) is 0 Å². The van der Waals surface area contributed by atoms with Crippen molar-refractivity contribution in [2.75, 3.05) is 4.90 Å². The summed E-state index contributed by atoms with van der Waals surface area (Å²) < 4.78 is 10.9. The molecule has 144 valence electrons. The first kappa shape index (κ1) is 18.1. The molecule has 2 aromatic heterocycles. The summed E-state index contributed by atoms with van der Waals surface area (Å²) in [6.45, 7) is 0. The third-order valence-electron chi connectivity index (χ3n) is 5.01. The lowest BCUT2D eigenvalue weighted by atomic mass is 10.1. The zero-order chi connectivity index (χ0) is 19.3. The first-order valence-corrected chi connectivity index (χ1v) is 9.50. The number of nitrogens with zero attached hydrogens (tertiary/aromatic N) is 1. The van der Waals surface area contributed by atoms with Crippen molar-refractivity contribution >= 4 is 17.5 Å². The number of amides is 2. The lowest BCUT2D eigenvalue weighted by Gasteiger charge is -2.30. The van der Waals surface area contributed by atoms with E-state index in [0.717, 1.165) is 25.7 Å². The maximum atomic E-state index is 13.3. The van der Waals surface area contributed by atoms with Gasteiger partial charge in [0.15, 0.2) is 11.8 Å². The Hall–Kier alpha value is -3.28. The molecule has 4 rings (SSSR count). The quantitative estimate of drug-likeness (QED) is 0.693. The Bertz CT molecular complexity index is 897. The highest BCUT2D eigenvalue weighted by atomic mass is 16.3. The third kappa shape index (κ3) is 3.71. The predicted octanol–water partition coefficient (Wildman–Crippen LogP) is 4.32. The molecule has 0 bridgehead atoms. The van der Waals surface area contributed by atoms with Crippen molar-refractivity contribution in [3.63, 3.8) is 0 Å². The largest absolute Gasteiger partial charge is 0.467 e. The van der Waals surface area contributed by atoms with Gasteiger partial charge in [0.2, 0.25) is 0 Å². The smallest absolute Gasteiger partial charge is 0.295 e. The maximum Gasteiger partial charge on any atom is 0.295 e. The Labute approximate surface area is 163 Å². The predicted molar refractivity (Wildman–Crippen MR) is 104 cm³/mol. The zero-order valence-corrected chi connectivity index (χ0v) is 15.4. The van der Waals surface area contributed by atoms with Gasteiger partial charge >= 0.3 is 0 Å². The molecular weight excluding hydrogens is 356 g/mol. The van der Waals surface area contributed by atoms with E-state index in [1.165, 1.54) is 17.4 Å². The number of benzene rings is 1. The van der Waals surface area contributed by atoms with E-state index in [9.17, 15) is 9.59 Å².